The Balaban J connectivity index is 2.33. The van der Waals surface area contributed by atoms with Crippen LogP contribution < -0.4 is 0 Å². The number of thiol groups is 1. The van der Waals surface area contributed by atoms with Crippen molar-refractivity contribution in [2.45, 2.75) is 4.90 Å². The molecule has 0 aliphatic carbocycles. The van der Waals surface area contributed by atoms with Crippen LogP contribution in [0.2, 0.25) is 0 Å². The van der Waals surface area contributed by atoms with Crippen LogP contribution >= 0.6 is 12.6 Å². The van der Waals surface area contributed by atoms with Gasteiger partial charge in [0.25, 0.3) is 0 Å². The molecule has 16 heavy (non-hydrogen) atoms. The molecule has 0 atom stereocenters. The predicted octanol–water partition coefficient (Wildman–Crippen LogP) is 3.92. The smallest absolute Gasteiger partial charge is 0.0540 e. The Hall–Kier alpha value is -1.67. The van der Waals surface area contributed by atoms with Gasteiger partial charge < -0.3 is 4.57 Å². The molecule has 2 heteroatoms. The molecule has 0 saturated heterocycles. The Labute approximate surface area is 99.7 Å². The monoisotopic (exact) mass is 225 g/mol. The molecule has 1 nitrogen and oxygen atoms in total. The van der Waals surface area contributed by atoms with Crippen molar-refractivity contribution >= 4 is 23.5 Å². The first kappa shape index (κ1) is 9.55. The fourth-order valence-electron chi connectivity index (χ4n) is 1.96. The molecule has 1 heterocycles. The number of hydrogen-bond donors (Lipinski definition) is 1. The van der Waals surface area contributed by atoms with Gasteiger partial charge in [0.1, 0.15) is 0 Å². The molecular formula is C14H11NS. The van der Waals surface area contributed by atoms with E-state index in [9.17, 15) is 0 Å². The minimum absolute atomic E-state index is 1.01. The first-order valence-corrected chi connectivity index (χ1v) is 5.65. The molecule has 0 radical (unpaired) electrons. The lowest BCUT2D eigenvalue weighted by Crippen LogP contribution is -1.90. The summed E-state index contributed by atoms with van der Waals surface area (Å²) < 4.78 is 2.16. The van der Waals surface area contributed by atoms with E-state index in [1.807, 2.05) is 24.3 Å². The van der Waals surface area contributed by atoms with Crippen LogP contribution in [0.25, 0.3) is 16.6 Å². The molecule has 0 aliphatic heterocycles. The van der Waals surface area contributed by atoms with Crippen molar-refractivity contribution in [3.8, 4) is 5.69 Å². The molecule has 0 N–H and O–H groups in total. The van der Waals surface area contributed by atoms with Gasteiger partial charge in [-0.25, -0.2) is 0 Å². The quantitative estimate of drug-likeness (QED) is 0.599. The summed E-state index contributed by atoms with van der Waals surface area (Å²) in [6.07, 6.45) is 2.06. The van der Waals surface area contributed by atoms with Crippen molar-refractivity contribution in [3.63, 3.8) is 0 Å². The van der Waals surface area contributed by atoms with Gasteiger partial charge in [-0.15, -0.1) is 12.6 Å². The highest BCUT2D eigenvalue weighted by Gasteiger charge is 2.05. The van der Waals surface area contributed by atoms with Gasteiger partial charge in [0.15, 0.2) is 0 Å². The van der Waals surface area contributed by atoms with Gasteiger partial charge in [-0.3, -0.25) is 0 Å². The Bertz CT molecular complexity index is 626. The zero-order valence-corrected chi connectivity index (χ0v) is 9.56. The zero-order valence-electron chi connectivity index (χ0n) is 8.67. The maximum Gasteiger partial charge on any atom is 0.0540 e. The molecule has 0 saturated carbocycles. The number of nitrogens with zero attached hydrogens (tertiary/aromatic N) is 1. The average Bonchev–Trinajstić information content (AvgIpc) is 2.69. The normalized spacial score (nSPS) is 10.8. The summed E-state index contributed by atoms with van der Waals surface area (Å²) in [6.45, 7) is 0. The number of rotatable bonds is 1. The van der Waals surface area contributed by atoms with Gasteiger partial charge >= 0.3 is 0 Å². The summed E-state index contributed by atoms with van der Waals surface area (Å²) >= 11 is 4.50. The van der Waals surface area contributed by atoms with Crippen molar-refractivity contribution in [1.82, 2.24) is 4.57 Å². The maximum atomic E-state index is 4.50. The van der Waals surface area contributed by atoms with Crippen molar-refractivity contribution in [2.24, 2.45) is 0 Å². The standard InChI is InChI=1S/C14H11NS/c16-14-10-15(11-6-2-1-3-7-11)13-9-5-4-8-12(13)14/h1-10,16H. The van der Waals surface area contributed by atoms with Crippen LogP contribution in [0.15, 0.2) is 65.7 Å². The molecule has 3 aromatic rings. The van der Waals surface area contributed by atoms with Crippen LogP contribution in [0.3, 0.4) is 0 Å². The van der Waals surface area contributed by atoms with Crippen LogP contribution in [0.4, 0.5) is 0 Å². The number of para-hydroxylation sites is 2. The SMILES string of the molecule is Sc1cn(-c2ccccc2)c2ccccc12. The van der Waals surface area contributed by atoms with E-state index in [-0.39, 0.29) is 0 Å². The molecule has 3 rings (SSSR count). The lowest BCUT2D eigenvalue weighted by molar-refractivity contribution is 1.11. The summed E-state index contributed by atoms with van der Waals surface area (Å²) in [5.74, 6) is 0. The molecule has 0 unspecified atom stereocenters. The maximum absolute atomic E-state index is 4.50. The first-order valence-electron chi connectivity index (χ1n) is 5.21. The van der Waals surface area contributed by atoms with Crippen molar-refractivity contribution in [2.75, 3.05) is 0 Å². The molecule has 78 valence electrons. The Morgan fingerprint density at radius 1 is 0.812 bits per heavy atom. The van der Waals surface area contributed by atoms with Crippen LogP contribution in [0.1, 0.15) is 0 Å². The van der Waals surface area contributed by atoms with Gasteiger partial charge in [-0.05, 0) is 18.2 Å². The summed E-state index contributed by atoms with van der Waals surface area (Å²) in [6, 6.07) is 18.6. The molecule has 0 aliphatic rings. The van der Waals surface area contributed by atoms with E-state index in [4.69, 9.17) is 0 Å². The third-order valence-corrected chi connectivity index (χ3v) is 3.08. The van der Waals surface area contributed by atoms with Crippen LogP contribution in [-0.4, -0.2) is 4.57 Å². The second kappa shape index (κ2) is 3.72. The minimum Gasteiger partial charge on any atom is -0.315 e. The van der Waals surface area contributed by atoms with E-state index < -0.39 is 0 Å². The Kier molecular flexibility index (Phi) is 2.22. The van der Waals surface area contributed by atoms with E-state index in [0.717, 1.165) is 4.90 Å². The second-order valence-corrected chi connectivity index (χ2v) is 4.22. The largest absolute Gasteiger partial charge is 0.315 e. The van der Waals surface area contributed by atoms with E-state index in [1.54, 1.807) is 0 Å². The summed E-state index contributed by atoms with van der Waals surface area (Å²) in [4.78, 5) is 1.01. The second-order valence-electron chi connectivity index (χ2n) is 3.74. The third-order valence-electron chi connectivity index (χ3n) is 2.73. The fourth-order valence-corrected chi connectivity index (χ4v) is 2.27. The summed E-state index contributed by atoms with van der Waals surface area (Å²) in [5, 5.41) is 1.19. The van der Waals surface area contributed by atoms with Crippen LogP contribution in [0.5, 0.6) is 0 Å². The lowest BCUT2D eigenvalue weighted by Gasteiger charge is -2.03. The molecule has 2 aromatic carbocycles. The number of hydrogen-bond acceptors (Lipinski definition) is 1. The van der Waals surface area contributed by atoms with Gasteiger partial charge in [-0.2, -0.15) is 0 Å². The highest BCUT2D eigenvalue weighted by molar-refractivity contribution is 7.80. The van der Waals surface area contributed by atoms with Crippen molar-refractivity contribution in [3.05, 3.63) is 60.8 Å². The van der Waals surface area contributed by atoms with Gasteiger partial charge in [0, 0.05) is 22.2 Å². The third kappa shape index (κ3) is 1.42. The molecule has 0 amide bonds. The summed E-state index contributed by atoms with van der Waals surface area (Å²) in [7, 11) is 0. The molecule has 1 aromatic heterocycles. The Morgan fingerprint density at radius 2 is 1.50 bits per heavy atom. The molecule has 0 fully saturated rings. The average molecular weight is 225 g/mol. The lowest BCUT2D eigenvalue weighted by atomic mass is 10.2. The number of benzene rings is 2. The van der Waals surface area contributed by atoms with Gasteiger partial charge in [-0.1, -0.05) is 36.4 Å². The zero-order chi connectivity index (χ0) is 11.0. The fraction of sp³-hybridized carbons (Fsp3) is 0. The van der Waals surface area contributed by atoms with Crippen molar-refractivity contribution < 1.29 is 0 Å². The first-order chi connectivity index (χ1) is 7.86. The number of aromatic nitrogens is 1. The van der Waals surface area contributed by atoms with Crippen molar-refractivity contribution in [1.29, 1.82) is 0 Å². The van der Waals surface area contributed by atoms with E-state index in [2.05, 4.69) is 53.7 Å². The predicted molar refractivity (Wildman–Crippen MR) is 70.5 cm³/mol. The molecule has 0 spiro atoms. The Morgan fingerprint density at radius 3 is 2.31 bits per heavy atom. The van der Waals surface area contributed by atoms with Gasteiger partial charge in [0.2, 0.25) is 0 Å². The highest BCUT2D eigenvalue weighted by Crippen LogP contribution is 2.26. The minimum atomic E-state index is 1.01. The molecular weight excluding hydrogens is 214 g/mol. The van der Waals surface area contributed by atoms with Crippen LogP contribution in [-0.2, 0) is 0 Å². The van der Waals surface area contributed by atoms with Crippen LogP contribution in [0, 0.1) is 0 Å². The van der Waals surface area contributed by atoms with Gasteiger partial charge in [0.05, 0.1) is 5.52 Å². The topological polar surface area (TPSA) is 4.93 Å². The highest BCUT2D eigenvalue weighted by atomic mass is 32.1. The molecule has 0 bridgehead atoms. The summed E-state index contributed by atoms with van der Waals surface area (Å²) in [5.41, 5.74) is 2.36. The van der Waals surface area contributed by atoms with E-state index in [1.165, 1.54) is 16.6 Å². The van der Waals surface area contributed by atoms with E-state index in [0.29, 0.717) is 0 Å². The van der Waals surface area contributed by atoms with E-state index >= 15 is 0 Å². The number of fused-ring (bicyclic) bond motifs is 1.